The van der Waals surface area contributed by atoms with Crippen molar-refractivity contribution in [3.8, 4) is 0 Å². The number of likely N-dealkylation sites (N-methyl/N-ethyl adjacent to an activating group) is 1. The molecule has 0 saturated carbocycles. The van der Waals surface area contributed by atoms with E-state index in [4.69, 9.17) is 5.14 Å². The number of carbonyl (C=O) groups is 1. The second-order valence-corrected chi connectivity index (χ2v) is 4.67. The average Bonchev–Trinajstić information content (AvgIpc) is 2.02. The van der Waals surface area contributed by atoms with Gasteiger partial charge in [0.05, 0.1) is 11.8 Å². The van der Waals surface area contributed by atoms with Gasteiger partial charge in [-0.2, -0.15) is 0 Å². The van der Waals surface area contributed by atoms with Crippen molar-refractivity contribution in [2.45, 2.75) is 19.9 Å². The number of amides is 1. The van der Waals surface area contributed by atoms with E-state index < -0.39 is 16.1 Å². The molecule has 0 radical (unpaired) electrons. The molecule has 0 spiro atoms. The fourth-order valence-corrected chi connectivity index (χ4v) is 1.24. The van der Waals surface area contributed by atoms with Gasteiger partial charge in [-0.3, -0.25) is 4.79 Å². The molecule has 0 saturated heterocycles. The van der Waals surface area contributed by atoms with Crippen LogP contribution >= 0.6 is 0 Å². The van der Waals surface area contributed by atoms with Crippen molar-refractivity contribution in [1.29, 1.82) is 0 Å². The van der Waals surface area contributed by atoms with Gasteiger partial charge in [0.25, 0.3) is 0 Å². The quantitative estimate of drug-likeness (QED) is 0.504. The third-order valence-corrected chi connectivity index (χ3v) is 2.35. The zero-order valence-electron chi connectivity index (χ0n) is 8.41. The molecule has 14 heavy (non-hydrogen) atoms. The van der Waals surface area contributed by atoms with Crippen molar-refractivity contribution in [3.05, 3.63) is 0 Å². The van der Waals surface area contributed by atoms with Gasteiger partial charge in [0.1, 0.15) is 0 Å². The average molecular weight is 223 g/mol. The first-order valence-electron chi connectivity index (χ1n) is 4.38. The van der Waals surface area contributed by atoms with E-state index in [1.807, 2.05) is 6.92 Å². The van der Waals surface area contributed by atoms with Crippen LogP contribution in [0.25, 0.3) is 0 Å². The van der Waals surface area contributed by atoms with Gasteiger partial charge in [-0.15, -0.1) is 0 Å². The summed E-state index contributed by atoms with van der Waals surface area (Å²) >= 11 is 0. The van der Waals surface area contributed by atoms with Crippen LogP contribution in [-0.2, 0) is 14.8 Å². The number of hydrogen-bond acceptors (Lipinski definition) is 4. The van der Waals surface area contributed by atoms with Crippen LogP contribution in [-0.4, -0.2) is 39.2 Å². The summed E-state index contributed by atoms with van der Waals surface area (Å²) in [6.07, 6.45) is 0. The summed E-state index contributed by atoms with van der Waals surface area (Å²) in [6.45, 7) is 4.21. The molecule has 0 rings (SSSR count). The van der Waals surface area contributed by atoms with E-state index in [9.17, 15) is 13.2 Å². The molecule has 0 fully saturated rings. The largest absolute Gasteiger partial charge is 0.355 e. The minimum Gasteiger partial charge on any atom is -0.355 e. The molecule has 0 bridgehead atoms. The van der Waals surface area contributed by atoms with Crippen molar-refractivity contribution >= 4 is 15.9 Å². The minimum absolute atomic E-state index is 0.151. The maximum absolute atomic E-state index is 11.1. The Labute approximate surface area is 84.3 Å². The fraction of sp³-hybridized carbons (Fsp3) is 0.857. The van der Waals surface area contributed by atoms with Crippen molar-refractivity contribution < 1.29 is 13.2 Å². The second-order valence-electron chi connectivity index (χ2n) is 2.94. The molecule has 0 aromatic carbocycles. The normalized spacial score (nSPS) is 13.6. The van der Waals surface area contributed by atoms with Gasteiger partial charge in [0, 0.05) is 13.1 Å². The molecule has 6 nitrogen and oxygen atoms in total. The summed E-state index contributed by atoms with van der Waals surface area (Å²) in [5, 5.41) is 10.2. The fourth-order valence-electron chi connectivity index (χ4n) is 0.838. The van der Waals surface area contributed by atoms with E-state index in [-0.39, 0.29) is 18.2 Å². The third-order valence-electron chi connectivity index (χ3n) is 1.58. The number of nitrogens with one attached hydrogen (secondary N) is 2. The Balaban J connectivity index is 3.74. The lowest BCUT2D eigenvalue weighted by Gasteiger charge is -2.12. The van der Waals surface area contributed by atoms with Gasteiger partial charge < -0.3 is 10.6 Å². The Bertz CT molecular complexity index is 276. The predicted octanol–water partition coefficient (Wildman–Crippen LogP) is -1.61. The third kappa shape index (κ3) is 6.81. The molecule has 0 aromatic rings. The Morgan fingerprint density at radius 3 is 2.50 bits per heavy atom. The second kappa shape index (κ2) is 5.94. The lowest BCUT2D eigenvalue weighted by Crippen LogP contribution is -2.44. The molecule has 84 valence electrons. The van der Waals surface area contributed by atoms with E-state index in [0.29, 0.717) is 6.54 Å². The highest BCUT2D eigenvalue weighted by atomic mass is 32.2. The van der Waals surface area contributed by atoms with Gasteiger partial charge in [-0.1, -0.05) is 0 Å². The van der Waals surface area contributed by atoms with Crippen LogP contribution in [0.4, 0.5) is 0 Å². The first kappa shape index (κ1) is 13.3. The number of primary sulfonamides is 1. The Hall–Kier alpha value is -0.660. The summed E-state index contributed by atoms with van der Waals surface area (Å²) in [6, 6.07) is -0.406. The minimum atomic E-state index is -3.45. The van der Waals surface area contributed by atoms with Crippen LogP contribution in [0.15, 0.2) is 0 Å². The highest BCUT2D eigenvalue weighted by Crippen LogP contribution is 1.82. The molecule has 0 aromatic heterocycles. The number of carbonyl (C=O) groups excluding carboxylic acids is 1. The summed E-state index contributed by atoms with van der Waals surface area (Å²) in [7, 11) is -3.45. The predicted molar refractivity (Wildman–Crippen MR) is 54.1 cm³/mol. The van der Waals surface area contributed by atoms with Crippen molar-refractivity contribution in [1.82, 2.24) is 10.6 Å². The summed E-state index contributed by atoms with van der Waals surface area (Å²) in [5.41, 5.74) is 0. The van der Waals surface area contributed by atoms with E-state index >= 15 is 0 Å². The van der Waals surface area contributed by atoms with Crippen molar-refractivity contribution in [2.24, 2.45) is 5.14 Å². The van der Waals surface area contributed by atoms with E-state index in [0.717, 1.165) is 0 Å². The van der Waals surface area contributed by atoms with Crippen LogP contribution in [0.5, 0.6) is 0 Å². The molecular weight excluding hydrogens is 206 g/mol. The van der Waals surface area contributed by atoms with Gasteiger partial charge in [0.15, 0.2) is 0 Å². The summed E-state index contributed by atoms with van der Waals surface area (Å²) in [4.78, 5) is 11.1. The van der Waals surface area contributed by atoms with Crippen LogP contribution in [0.1, 0.15) is 13.8 Å². The van der Waals surface area contributed by atoms with E-state index in [2.05, 4.69) is 10.6 Å². The highest BCUT2D eigenvalue weighted by Gasteiger charge is 2.11. The molecule has 1 unspecified atom stereocenters. The molecule has 4 N–H and O–H groups in total. The maximum Gasteiger partial charge on any atom is 0.236 e. The van der Waals surface area contributed by atoms with Crippen LogP contribution in [0.3, 0.4) is 0 Å². The monoisotopic (exact) mass is 223 g/mol. The van der Waals surface area contributed by atoms with Crippen molar-refractivity contribution in [3.63, 3.8) is 0 Å². The van der Waals surface area contributed by atoms with E-state index in [1.165, 1.54) is 0 Å². The molecule has 0 heterocycles. The van der Waals surface area contributed by atoms with Gasteiger partial charge in [0.2, 0.25) is 15.9 Å². The molecule has 0 aliphatic carbocycles. The van der Waals surface area contributed by atoms with Crippen LogP contribution < -0.4 is 15.8 Å². The number of nitrogens with two attached hydrogens (primary N) is 1. The number of hydrogen-bond donors (Lipinski definition) is 3. The smallest absolute Gasteiger partial charge is 0.236 e. The summed E-state index contributed by atoms with van der Waals surface area (Å²) in [5.74, 6) is -0.321. The Kier molecular flexibility index (Phi) is 5.66. The van der Waals surface area contributed by atoms with E-state index in [1.54, 1.807) is 6.92 Å². The molecule has 0 aliphatic rings. The van der Waals surface area contributed by atoms with Crippen molar-refractivity contribution in [2.75, 3.05) is 18.8 Å². The molecular formula is C7H17N3O3S. The maximum atomic E-state index is 11.1. The molecule has 0 aliphatic heterocycles. The SMILES string of the molecule is CCNC(=O)C(C)NCCS(N)(=O)=O. The zero-order chi connectivity index (χ0) is 11.2. The first-order valence-corrected chi connectivity index (χ1v) is 6.10. The topological polar surface area (TPSA) is 101 Å². The zero-order valence-corrected chi connectivity index (χ0v) is 9.23. The lowest BCUT2D eigenvalue weighted by atomic mass is 10.3. The number of sulfonamides is 1. The standard InChI is InChI=1S/C7H17N3O3S/c1-3-9-7(11)6(2)10-4-5-14(8,12)13/h6,10H,3-5H2,1-2H3,(H,9,11)(H2,8,12,13). The summed E-state index contributed by atoms with van der Waals surface area (Å²) < 4.78 is 21.1. The lowest BCUT2D eigenvalue weighted by molar-refractivity contribution is -0.122. The Morgan fingerprint density at radius 1 is 1.50 bits per heavy atom. The van der Waals surface area contributed by atoms with Gasteiger partial charge in [-0.05, 0) is 13.8 Å². The number of rotatable bonds is 6. The molecule has 7 heteroatoms. The van der Waals surface area contributed by atoms with Gasteiger partial charge in [-0.25, -0.2) is 13.6 Å². The molecule has 1 atom stereocenters. The van der Waals surface area contributed by atoms with Gasteiger partial charge >= 0.3 is 0 Å². The van der Waals surface area contributed by atoms with Crippen LogP contribution in [0, 0.1) is 0 Å². The Morgan fingerprint density at radius 2 is 2.07 bits per heavy atom. The molecule has 1 amide bonds. The van der Waals surface area contributed by atoms with Crippen LogP contribution in [0.2, 0.25) is 0 Å². The first-order chi connectivity index (χ1) is 6.37. The highest BCUT2D eigenvalue weighted by molar-refractivity contribution is 7.89.